The molecule has 166 valence electrons. The van der Waals surface area contributed by atoms with Gasteiger partial charge in [0.1, 0.15) is 18.1 Å². The third kappa shape index (κ3) is 4.11. The van der Waals surface area contributed by atoms with Crippen LogP contribution in [-0.4, -0.2) is 11.9 Å². The Balaban J connectivity index is 1.23. The fourth-order valence-electron chi connectivity index (χ4n) is 7.02. The van der Waals surface area contributed by atoms with Gasteiger partial charge in [-0.2, -0.15) is 0 Å². The van der Waals surface area contributed by atoms with Crippen molar-refractivity contribution in [2.75, 3.05) is 0 Å². The number of halogens is 1. The number of carbonyl (C=O) groups is 1. The molecule has 4 aliphatic rings. The van der Waals surface area contributed by atoms with Gasteiger partial charge in [-0.05, 0) is 111 Å². The molecule has 31 heavy (non-hydrogen) atoms. The minimum atomic E-state index is -0.100. The van der Waals surface area contributed by atoms with Crippen LogP contribution < -0.4 is 10.1 Å². The van der Waals surface area contributed by atoms with Crippen LogP contribution in [0.3, 0.4) is 0 Å². The van der Waals surface area contributed by atoms with E-state index < -0.39 is 0 Å². The van der Waals surface area contributed by atoms with Crippen molar-refractivity contribution in [3.8, 4) is 5.75 Å². The molecule has 4 saturated carbocycles. The van der Waals surface area contributed by atoms with Crippen molar-refractivity contribution in [1.82, 2.24) is 5.32 Å². The lowest BCUT2D eigenvalue weighted by Crippen LogP contribution is -2.56. The third-order valence-electron chi connectivity index (χ3n) is 7.93. The van der Waals surface area contributed by atoms with Gasteiger partial charge in [-0.15, -0.1) is 0 Å². The van der Waals surface area contributed by atoms with E-state index in [1.165, 1.54) is 38.5 Å². The molecule has 0 spiro atoms. The molecule has 1 aromatic carbocycles. The highest BCUT2D eigenvalue weighted by Gasteiger charge is 2.54. The highest BCUT2D eigenvalue weighted by atomic mass is 35.5. The lowest BCUT2D eigenvalue weighted by Gasteiger charge is -2.59. The van der Waals surface area contributed by atoms with E-state index in [2.05, 4.69) is 12.2 Å². The zero-order chi connectivity index (χ0) is 21.6. The summed E-state index contributed by atoms with van der Waals surface area (Å²) >= 11 is 6.01. The molecule has 2 aromatic rings. The third-order valence-corrected chi connectivity index (χ3v) is 8.17. The number of aryl methyl sites for hydroxylation is 1. The van der Waals surface area contributed by atoms with Gasteiger partial charge < -0.3 is 14.5 Å². The Labute approximate surface area is 189 Å². The van der Waals surface area contributed by atoms with Crippen molar-refractivity contribution in [2.24, 2.45) is 23.2 Å². The molecule has 1 N–H and O–H groups in total. The zero-order valence-electron chi connectivity index (χ0n) is 18.5. The van der Waals surface area contributed by atoms with Crippen LogP contribution in [0.4, 0.5) is 0 Å². The van der Waals surface area contributed by atoms with E-state index >= 15 is 0 Å². The van der Waals surface area contributed by atoms with E-state index in [-0.39, 0.29) is 18.6 Å². The fraction of sp³-hybridized carbons (Fsp3) is 0.577. The first-order chi connectivity index (χ1) is 14.9. The predicted molar refractivity (Wildman–Crippen MR) is 121 cm³/mol. The summed E-state index contributed by atoms with van der Waals surface area (Å²) < 4.78 is 11.7. The Morgan fingerprint density at radius 1 is 1.16 bits per heavy atom. The van der Waals surface area contributed by atoms with Gasteiger partial charge in [-0.3, -0.25) is 4.79 Å². The number of hydrogen-bond acceptors (Lipinski definition) is 3. The Bertz CT molecular complexity index is 930. The Kier molecular flexibility index (Phi) is 5.54. The zero-order valence-corrected chi connectivity index (χ0v) is 19.2. The standard InChI is InChI=1S/C26H32ClNO3/c1-3-24(26-12-17-9-18(13-26)11-19(10-17)14-26)28-25(29)23-7-5-21(31-23)15-30-22-6-4-20(27)8-16(22)2/h4-8,17-19,24H,3,9-15H2,1-2H3,(H,28,29). The molecule has 1 aromatic heterocycles. The topological polar surface area (TPSA) is 51.5 Å². The van der Waals surface area contributed by atoms with E-state index in [0.717, 1.165) is 35.5 Å². The van der Waals surface area contributed by atoms with Crippen LogP contribution in [0.15, 0.2) is 34.7 Å². The molecule has 4 aliphatic carbocycles. The minimum Gasteiger partial charge on any atom is -0.485 e. The Morgan fingerprint density at radius 3 is 2.45 bits per heavy atom. The molecule has 1 heterocycles. The van der Waals surface area contributed by atoms with Crippen molar-refractivity contribution in [3.63, 3.8) is 0 Å². The number of furan rings is 1. The van der Waals surface area contributed by atoms with Crippen LogP contribution in [0.25, 0.3) is 0 Å². The van der Waals surface area contributed by atoms with Gasteiger partial charge in [-0.25, -0.2) is 0 Å². The normalized spacial score (nSPS) is 29.7. The van der Waals surface area contributed by atoms with Crippen molar-refractivity contribution in [2.45, 2.75) is 71.4 Å². The Hall–Kier alpha value is -1.94. The molecule has 0 radical (unpaired) electrons. The number of nitrogens with one attached hydrogen (secondary N) is 1. The van der Waals surface area contributed by atoms with Gasteiger partial charge in [0.25, 0.3) is 5.91 Å². The highest BCUT2D eigenvalue weighted by molar-refractivity contribution is 6.30. The van der Waals surface area contributed by atoms with E-state index in [4.69, 9.17) is 20.8 Å². The van der Waals surface area contributed by atoms with Crippen LogP contribution in [0.2, 0.25) is 5.02 Å². The second-order valence-electron chi connectivity index (χ2n) is 10.2. The van der Waals surface area contributed by atoms with Gasteiger partial charge in [0.05, 0.1) is 0 Å². The summed E-state index contributed by atoms with van der Waals surface area (Å²) in [5, 5.41) is 4.04. The highest BCUT2D eigenvalue weighted by Crippen LogP contribution is 2.61. The summed E-state index contributed by atoms with van der Waals surface area (Å²) in [5.74, 6) is 4.30. The maximum atomic E-state index is 13.0. The largest absolute Gasteiger partial charge is 0.485 e. The second kappa shape index (κ2) is 8.20. The van der Waals surface area contributed by atoms with E-state index in [1.54, 1.807) is 12.1 Å². The lowest BCUT2D eigenvalue weighted by molar-refractivity contribution is -0.0728. The molecule has 5 heteroatoms. The van der Waals surface area contributed by atoms with E-state index in [1.807, 2.05) is 25.1 Å². The average Bonchev–Trinajstić information content (AvgIpc) is 3.19. The smallest absolute Gasteiger partial charge is 0.287 e. The average molecular weight is 442 g/mol. The van der Waals surface area contributed by atoms with Gasteiger partial charge in [0, 0.05) is 11.1 Å². The first-order valence-corrected chi connectivity index (χ1v) is 12.1. The summed E-state index contributed by atoms with van der Waals surface area (Å²) in [6.45, 7) is 4.44. The molecule has 4 bridgehead atoms. The number of carbonyl (C=O) groups excluding carboxylic acids is 1. The molecule has 1 amide bonds. The van der Waals surface area contributed by atoms with Crippen LogP contribution >= 0.6 is 11.6 Å². The summed E-state index contributed by atoms with van der Waals surface area (Å²) in [4.78, 5) is 13.0. The van der Waals surface area contributed by atoms with Gasteiger partial charge in [0.2, 0.25) is 0 Å². The van der Waals surface area contributed by atoms with Crippen LogP contribution in [0.5, 0.6) is 5.75 Å². The maximum Gasteiger partial charge on any atom is 0.287 e. The summed E-state index contributed by atoms with van der Waals surface area (Å²) in [6, 6.07) is 9.34. The predicted octanol–water partition coefficient (Wildman–Crippen LogP) is 6.55. The number of amides is 1. The molecule has 0 aliphatic heterocycles. The molecule has 1 unspecified atom stereocenters. The summed E-state index contributed by atoms with van der Waals surface area (Å²) in [7, 11) is 0. The van der Waals surface area contributed by atoms with Gasteiger partial charge >= 0.3 is 0 Å². The molecular formula is C26H32ClNO3. The second-order valence-corrected chi connectivity index (χ2v) is 10.6. The first-order valence-electron chi connectivity index (χ1n) is 11.7. The Morgan fingerprint density at radius 2 is 1.84 bits per heavy atom. The first kappa shape index (κ1) is 20.9. The lowest BCUT2D eigenvalue weighted by atomic mass is 9.47. The van der Waals surface area contributed by atoms with Crippen LogP contribution in [-0.2, 0) is 6.61 Å². The number of hydrogen-bond donors (Lipinski definition) is 1. The molecular weight excluding hydrogens is 410 g/mol. The SMILES string of the molecule is CCC(NC(=O)c1ccc(COc2ccc(Cl)cc2C)o1)C12CC3CC(CC(C3)C1)C2. The molecule has 0 saturated heterocycles. The number of ether oxygens (including phenoxy) is 1. The van der Waals surface area contributed by atoms with Gasteiger partial charge in [0.15, 0.2) is 5.76 Å². The van der Waals surface area contributed by atoms with Crippen molar-refractivity contribution >= 4 is 17.5 Å². The van der Waals surface area contributed by atoms with Crippen molar-refractivity contribution in [3.05, 3.63) is 52.4 Å². The van der Waals surface area contributed by atoms with Crippen LogP contribution in [0, 0.1) is 30.1 Å². The van der Waals surface area contributed by atoms with Crippen LogP contribution in [0.1, 0.15) is 73.7 Å². The van der Waals surface area contributed by atoms with Gasteiger partial charge in [-0.1, -0.05) is 18.5 Å². The maximum absolute atomic E-state index is 13.0. The van der Waals surface area contributed by atoms with Crippen molar-refractivity contribution < 1.29 is 13.9 Å². The number of benzene rings is 1. The quantitative estimate of drug-likeness (QED) is 0.530. The molecule has 6 rings (SSSR count). The van der Waals surface area contributed by atoms with E-state index in [9.17, 15) is 4.79 Å². The molecule has 1 atom stereocenters. The fourth-order valence-corrected chi connectivity index (χ4v) is 7.25. The van der Waals surface area contributed by atoms with Crippen molar-refractivity contribution in [1.29, 1.82) is 0 Å². The van der Waals surface area contributed by atoms with E-state index in [0.29, 0.717) is 22.0 Å². The minimum absolute atomic E-state index is 0.100. The monoisotopic (exact) mass is 441 g/mol. The summed E-state index contributed by atoms with van der Waals surface area (Å²) in [5.41, 5.74) is 1.27. The summed E-state index contributed by atoms with van der Waals surface area (Å²) in [6.07, 6.45) is 9.08. The molecule has 4 nitrogen and oxygen atoms in total. The number of rotatable bonds is 7. The molecule has 4 fully saturated rings.